The molecule has 0 radical (unpaired) electrons. The van der Waals surface area contributed by atoms with Crippen molar-refractivity contribution in [2.45, 2.75) is 25.7 Å². The standard InChI is InChI=1S/C13H17N3/c1-9-5-11-6-12(16-13(11)15-7-9)10-3-2-4-14-8-10/h5-7,10,14H,2-4,8H2,1H3,(H,15,16)/t10-/m0/s1. The Labute approximate surface area is 95.3 Å². The molecule has 1 atom stereocenters. The fourth-order valence-corrected chi connectivity index (χ4v) is 2.48. The highest BCUT2D eigenvalue weighted by Gasteiger charge is 2.17. The normalized spacial score (nSPS) is 21.4. The Bertz CT molecular complexity index is 495. The number of piperidine rings is 1. The molecule has 2 aromatic rings. The van der Waals surface area contributed by atoms with E-state index < -0.39 is 0 Å². The van der Waals surface area contributed by atoms with Crippen LogP contribution in [0.15, 0.2) is 18.3 Å². The molecule has 3 nitrogen and oxygen atoms in total. The maximum absolute atomic E-state index is 4.42. The van der Waals surface area contributed by atoms with Gasteiger partial charge in [-0.25, -0.2) is 4.98 Å². The quantitative estimate of drug-likeness (QED) is 0.766. The maximum atomic E-state index is 4.42. The van der Waals surface area contributed by atoms with Gasteiger partial charge < -0.3 is 10.3 Å². The summed E-state index contributed by atoms with van der Waals surface area (Å²) in [6.45, 7) is 4.33. The highest BCUT2D eigenvalue weighted by atomic mass is 14.9. The summed E-state index contributed by atoms with van der Waals surface area (Å²) in [5.41, 5.74) is 3.58. The average Bonchev–Trinajstić information content (AvgIpc) is 2.73. The van der Waals surface area contributed by atoms with Crippen molar-refractivity contribution in [3.63, 3.8) is 0 Å². The predicted octanol–water partition coefficient (Wildman–Crippen LogP) is 2.34. The molecule has 2 N–H and O–H groups in total. The molecule has 1 aliphatic heterocycles. The lowest BCUT2D eigenvalue weighted by Gasteiger charge is -2.21. The van der Waals surface area contributed by atoms with E-state index in [1.165, 1.54) is 29.5 Å². The van der Waals surface area contributed by atoms with Crippen molar-refractivity contribution in [1.29, 1.82) is 0 Å². The largest absolute Gasteiger partial charge is 0.343 e. The van der Waals surface area contributed by atoms with E-state index in [0.29, 0.717) is 5.92 Å². The third-order valence-electron chi connectivity index (χ3n) is 3.36. The van der Waals surface area contributed by atoms with Crippen LogP contribution in [0, 0.1) is 6.92 Å². The van der Waals surface area contributed by atoms with Gasteiger partial charge in [0.1, 0.15) is 5.65 Å². The number of fused-ring (bicyclic) bond motifs is 1. The first-order valence-corrected chi connectivity index (χ1v) is 5.99. The van der Waals surface area contributed by atoms with E-state index >= 15 is 0 Å². The number of pyridine rings is 1. The van der Waals surface area contributed by atoms with Gasteiger partial charge in [0.25, 0.3) is 0 Å². The van der Waals surface area contributed by atoms with Crippen molar-refractivity contribution in [2.75, 3.05) is 13.1 Å². The van der Waals surface area contributed by atoms with Gasteiger partial charge in [-0.2, -0.15) is 0 Å². The van der Waals surface area contributed by atoms with Crippen LogP contribution >= 0.6 is 0 Å². The molecule has 0 bridgehead atoms. The molecule has 0 spiro atoms. The second-order valence-corrected chi connectivity index (χ2v) is 4.72. The predicted molar refractivity (Wildman–Crippen MR) is 65.7 cm³/mol. The van der Waals surface area contributed by atoms with Gasteiger partial charge >= 0.3 is 0 Å². The van der Waals surface area contributed by atoms with Crippen molar-refractivity contribution >= 4 is 11.0 Å². The van der Waals surface area contributed by atoms with Crippen LogP contribution in [0.3, 0.4) is 0 Å². The summed E-state index contributed by atoms with van der Waals surface area (Å²) in [6.07, 6.45) is 4.47. The van der Waals surface area contributed by atoms with Crippen molar-refractivity contribution in [3.8, 4) is 0 Å². The van der Waals surface area contributed by atoms with E-state index in [9.17, 15) is 0 Å². The first kappa shape index (κ1) is 9.85. The van der Waals surface area contributed by atoms with Crippen LogP contribution in [-0.2, 0) is 0 Å². The van der Waals surface area contributed by atoms with E-state index in [-0.39, 0.29) is 0 Å². The first-order valence-electron chi connectivity index (χ1n) is 5.99. The topological polar surface area (TPSA) is 40.7 Å². The monoisotopic (exact) mass is 215 g/mol. The minimum atomic E-state index is 0.628. The second-order valence-electron chi connectivity index (χ2n) is 4.72. The van der Waals surface area contributed by atoms with Gasteiger partial charge in [0.05, 0.1) is 0 Å². The van der Waals surface area contributed by atoms with E-state index in [4.69, 9.17) is 0 Å². The number of aryl methyl sites for hydroxylation is 1. The molecule has 2 aromatic heterocycles. The summed E-state index contributed by atoms with van der Waals surface area (Å²) < 4.78 is 0. The van der Waals surface area contributed by atoms with Crippen molar-refractivity contribution in [3.05, 3.63) is 29.6 Å². The van der Waals surface area contributed by atoms with Gasteiger partial charge in [-0.1, -0.05) is 0 Å². The minimum absolute atomic E-state index is 0.628. The number of hydrogen-bond donors (Lipinski definition) is 2. The summed E-state index contributed by atoms with van der Waals surface area (Å²) >= 11 is 0. The Morgan fingerprint density at radius 1 is 1.38 bits per heavy atom. The molecule has 3 rings (SSSR count). The lowest BCUT2D eigenvalue weighted by molar-refractivity contribution is 0.456. The van der Waals surface area contributed by atoms with Crippen molar-refractivity contribution in [1.82, 2.24) is 15.3 Å². The van der Waals surface area contributed by atoms with Crippen molar-refractivity contribution < 1.29 is 0 Å². The number of aromatic nitrogens is 2. The maximum Gasteiger partial charge on any atom is 0.137 e. The fourth-order valence-electron chi connectivity index (χ4n) is 2.48. The molecule has 16 heavy (non-hydrogen) atoms. The zero-order valence-corrected chi connectivity index (χ0v) is 9.59. The highest BCUT2D eigenvalue weighted by molar-refractivity contribution is 5.77. The molecule has 0 amide bonds. The zero-order valence-electron chi connectivity index (χ0n) is 9.59. The van der Waals surface area contributed by atoms with E-state index in [2.05, 4.69) is 34.3 Å². The molecule has 0 unspecified atom stereocenters. The number of rotatable bonds is 1. The van der Waals surface area contributed by atoms with E-state index in [1.807, 2.05) is 6.20 Å². The lowest BCUT2D eigenvalue weighted by Crippen LogP contribution is -2.28. The smallest absolute Gasteiger partial charge is 0.137 e. The summed E-state index contributed by atoms with van der Waals surface area (Å²) in [5, 5.41) is 4.69. The number of H-pyrrole nitrogens is 1. The molecule has 3 heteroatoms. The number of nitrogens with zero attached hydrogens (tertiary/aromatic N) is 1. The summed E-state index contributed by atoms with van der Waals surface area (Å²) in [6, 6.07) is 4.45. The Balaban J connectivity index is 1.97. The van der Waals surface area contributed by atoms with Gasteiger partial charge in [0.15, 0.2) is 0 Å². The van der Waals surface area contributed by atoms with Crippen LogP contribution in [0.2, 0.25) is 0 Å². The van der Waals surface area contributed by atoms with Gasteiger partial charge in [-0.15, -0.1) is 0 Å². The Hall–Kier alpha value is -1.35. The lowest BCUT2D eigenvalue weighted by atomic mass is 9.96. The molecule has 1 saturated heterocycles. The molecule has 3 heterocycles. The third-order valence-corrected chi connectivity index (χ3v) is 3.36. The molecular formula is C13H17N3. The summed E-state index contributed by atoms with van der Waals surface area (Å²) in [5.74, 6) is 0.628. The van der Waals surface area contributed by atoms with Gasteiger partial charge in [0.2, 0.25) is 0 Å². The Morgan fingerprint density at radius 2 is 2.31 bits per heavy atom. The molecule has 84 valence electrons. The SMILES string of the molecule is Cc1cnc2[nH]c([C@H]3CCCNC3)cc2c1. The molecule has 1 aliphatic rings. The fraction of sp³-hybridized carbons (Fsp3) is 0.462. The third kappa shape index (κ3) is 1.71. The first-order chi connectivity index (χ1) is 7.83. The average molecular weight is 215 g/mol. The number of hydrogen-bond acceptors (Lipinski definition) is 2. The van der Waals surface area contributed by atoms with Gasteiger partial charge in [0, 0.05) is 29.7 Å². The highest BCUT2D eigenvalue weighted by Crippen LogP contribution is 2.25. The van der Waals surface area contributed by atoms with Crippen LogP contribution in [0.5, 0.6) is 0 Å². The van der Waals surface area contributed by atoms with Crippen LogP contribution in [0.4, 0.5) is 0 Å². The Morgan fingerprint density at radius 3 is 3.12 bits per heavy atom. The molecule has 1 fully saturated rings. The molecule has 0 saturated carbocycles. The van der Waals surface area contributed by atoms with E-state index in [1.54, 1.807) is 0 Å². The summed E-state index contributed by atoms with van der Waals surface area (Å²) in [7, 11) is 0. The van der Waals surface area contributed by atoms with Crippen molar-refractivity contribution in [2.24, 2.45) is 0 Å². The van der Waals surface area contributed by atoms with Crippen LogP contribution in [0.25, 0.3) is 11.0 Å². The Kier molecular flexibility index (Phi) is 2.40. The van der Waals surface area contributed by atoms with Crippen LogP contribution in [0.1, 0.15) is 30.0 Å². The zero-order chi connectivity index (χ0) is 11.0. The molecule has 0 aliphatic carbocycles. The summed E-state index contributed by atoms with van der Waals surface area (Å²) in [4.78, 5) is 7.86. The molecular weight excluding hydrogens is 198 g/mol. The van der Waals surface area contributed by atoms with Gasteiger partial charge in [-0.3, -0.25) is 0 Å². The minimum Gasteiger partial charge on any atom is -0.343 e. The van der Waals surface area contributed by atoms with E-state index in [0.717, 1.165) is 18.7 Å². The van der Waals surface area contributed by atoms with Crippen LogP contribution in [-0.4, -0.2) is 23.1 Å². The number of nitrogens with one attached hydrogen (secondary N) is 2. The van der Waals surface area contributed by atoms with Crippen LogP contribution < -0.4 is 5.32 Å². The number of aromatic amines is 1. The molecule has 0 aromatic carbocycles. The second kappa shape index (κ2) is 3.91. The van der Waals surface area contributed by atoms with Gasteiger partial charge in [-0.05, 0) is 44.0 Å².